The Labute approximate surface area is 196 Å². The summed E-state index contributed by atoms with van der Waals surface area (Å²) in [5.74, 6) is 0.877. The van der Waals surface area contributed by atoms with Crippen LogP contribution in [0.4, 0.5) is 4.39 Å². The van der Waals surface area contributed by atoms with Gasteiger partial charge in [-0.1, -0.05) is 0 Å². The molecule has 0 spiro atoms. The number of aromatic nitrogens is 4. The van der Waals surface area contributed by atoms with E-state index in [1.54, 1.807) is 0 Å². The number of rotatable bonds is 5. The number of carbonyl (C=O) groups is 1. The Morgan fingerprint density at radius 2 is 1.79 bits per heavy atom. The summed E-state index contributed by atoms with van der Waals surface area (Å²) in [6.07, 6.45) is 9.41. The summed E-state index contributed by atoms with van der Waals surface area (Å²) in [5.41, 5.74) is 4.15. The van der Waals surface area contributed by atoms with Crippen molar-refractivity contribution in [1.82, 2.24) is 41.0 Å². The number of hydrogen-bond donors (Lipinski definition) is 3. The van der Waals surface area contributed by atoms with E-state index in [0.29, 0.717) is 11.7 Å². The quantitative estimate of drug-likeness (QED) is 0.599. The van der Waals surface area contributed by atoms with Gasteiger partial charge < -0.3 is 5.32 Å². The third-order valence-corrected chi connectivity index (χ3v) is 7.64. The van der Waals surface area contributed by atoms with E-state index in [-0.39, 0.29) is 36.1 Å². The molecule has 4 heterocycles. The highest BCUT2D eigenvalue weighted by molar-refractivity contribution is 5.82. The standard InChI is InChI=1S/C23H26FN9O/c1-11(13-7-26-19(27-8-13)12-2-3-12)33-22-18(17(6-25)32-33)23(34)31-21(30-22)16-5-4-15(16)20-28-9-14(24)10-29-20/h7-12,15-18,21-22,30,32H,2-5H2,1H3,(H,31,34)/t11?,15-,16-,17?,18?,21?,22?/m0/s1. The van der Waals surface area contributed by atoms with Gasteiger partial charge in [0.2, 0.25) is 5.91 Å². The monoisotopic (exact) mass is 463 g/mol. The number of nitrogens with one attached hydrogen (secondary N) is 3. The van der Waals surface area contributed by atoms with Crippen molar-refractivity contribution >= 4 is 5.91 Å². The first-order valence-corrected chi connectivity index (χ1v) is 11.8. The van der Waals surface area contributed by atoms with Crippen molar-refractivity contribution < 1.29 is 9.18 Å². The molecule has 7 atom stereocenters. The van der Waals surface area contributed by atoms with E-state index in [0.717, 1.165) is 37.1 Å². The summed E-state index contributed by atoms with van der Waals surface area (Å²) in [7, 11) is 0. The normalized spacial score (nSPS) is 34.0. The third kappa shape index (κ3) is 3.62. The van der Waals surface area contributed by atoms with Gasteiger partial charge in [-0.05, 0) is 32.6 Å². The van der Waals surface area contributed by atoms with Gasteiger partial charge in [0.1, 0.15) is 17.7 Å². The van der Waals surface area contributed by atoms with E-state index in [9.17, 15) is 14.4 Å². The number of nitrogens with zero attached hydrogens (tertiary/aromatic N) is 6. The second-order valence-electron chi connectivity index (χ2n) is 9.70. The van der Waals surface area contributed by atoms with Crippen molar-refractivity contribution in [2.75, 3.05) is 0 Å². The van der Waals surface area contributed by atoms with E-state index in [4.69, 9.17) is 0 Å². The number of carbonyl (C=O) groups excluding carboxylic acids is 1. The molecule has 5 unspecified atom stereocenters. The minimum absolute atomic E-state index is 0.0327. The van der Waals surface area contributed by atoms with E-state index in [1.807, 2.05) is 24.3 Å². The molecule has 2 saturated carbocycles. The number of amides is 1. The zero-order valence-electron chi connectivity index (χ0n) is 18.7. The van der Waals surface area contributed by atoms with Crippen LogP contribution in [0.5, 0.6) is 0 Å². The first kappa shape index (κ1) is 21.5. The number of fused-ring (bicyclic) bond motifs is 1. The van der Waals surface area contributed by atoms with Gasteiger partial charge >= 0.3 is 0 Å². The fraction of sp³-hybridized carbons (Fsp3) is 0.565. The van der Waals surface area contributed by atoms with Crippen molar-refractivity contribution in [2.45, 2.75) is 68.9 Å². The second-order valence-corrected chi connectivity index (χ2v) is 9.70. The first-order valence-electron chi connectivity index (χ1n) is 11.8. The lowest BCUT2D eigenvalue weighted by Gasteiger charge is -2.47. The van der Waals surface area contributed by atoms with E-state index < -0.39 is 17.8 Å². The minimum atomic E-state index is -0.648. The molecule has 2 aliphatic heterocycles. The average Bonchev–Trinajstić information content (AvgIpc) is 3.60. The summed E-state index contributed by atoms with van der Waals surface area (Å²) in [6.45, 7) is 2.01. The highest BCUT2D eigenvalue weighted by Gasteiger charge is 2.54. The fourth-order valence-corrected chi connectivity index (χ4v) is 5.36. The highest BCUT2D eigenvalue weighted by Crippen LogP contribution is 2.44. The summed E-state index contributed by atoms with van der Waals surface area (Å²) in [6, 6.07) is 1.43. The van der Waals surface area contributed by atoms with Gasteiger partial charge in [0, 0.05) is 35.7 Å². The zero-order valence-corrected chi connectivity index (χ0v) is 18.7. The first-order chi connectivity index (χ1) is 16.5. The average molecular weight is 464 g/mol. The molecule has 4 fully saturated rings. The maximum Gasteiger partial charge on any atom is 0.230 e. The van der Waals surface area contributed by atoms with Crippen LogP contribution in [0.25, 0.3) is 0 Å². The predicted octanol–water partition coefficient (Wildman–Crippen LogP) is 1.24. The molecule has 1 amide bonds. The molecule has 10 nitrogen and oxygen atoms in total. The van der Waals surface area contributed by atoms with Crippen LogP contribution in [0.15, 0.2) is 24.8 Å². The Hall–Kier alpha value is -3.07. The molecule has 0 aromatic carbocycles. The van der Waals surface area contributed by atoms with E-state index in [1.165, 1.54) is 12.4 Å². The topological polar surface area (TPSA) is 132 Å². The van der Waals surface area contributed by atoms with Crippen LogP contribution in [0.2, 0.25) is 0 Å². The molecule has 3 N–H and O–H groups in total. The SMILES string of the molecule is CC(c1cnc(C2CC2)nc1)N1NC(C#N)C2C(=O)NC([C@H]3CC[C@@H]3c3ncc(F)cn3)NC21. The fourth-order valence-electron chi connectivity index (χ4n) is 5.36. The summed E-state index contributed by atoms with van der Waals surface area (Å²) < 4.78 is 13.3. The number of nitriles is 1. The molecule has 0 radical (unpaired) electrons. The Bertz CT molecular complexity index is 1120. The summed E-state index contributed by atoms with van der Waals surface area (Å²) in [5, 5.41) is 18.3. The Morgan fingerprint density at radius 3 is 2.41 bits per heavy atom. The number of hydrazine groups is 1. The Morgan fingerprint density at radius 1 is 1.09 bits per heavy atom. The largest absolute Gasteiger partial charge is 0.340 e. The third-order valence-electron chi connectivity index (χ3n) is 7.64. The number of halogens is 1. The highest BCUT2D eigenvalue weighted by atomic mass is 19.1. The predicted molar refractivity (Wildman–Crippen MR) is 117 cm³/mol. The van der Waals surface area contributed by atoms with Gasteiger partial charge in [-0.25, -0.2) is 34.8 Å². The van der Waals surface area contributed by atoms with Crippen LogP contribution in [0.1, 0.15) is 67.7 Å². The molecule has 2 aromatic rings. The zero-order chi connectivity index (χ0) is 23.4. The van der Waals surface area contributed by atoms with Gasteiger partial charge in [0.25, 0.3) is 0 Å². The van der Waals surface area contributed by atoms with Gasteiger partial charge in [-0.3, -0.25) is 10.1 Å². The maximum absolute atomic E-state index is 13.3. The van der Waals surface area contributed by atoms with Gasteiger partial charge in [0.05, 0.1) is 42.8 Å². The van der Waals surface area contributed by atoms with E-state index >= 15 is 0 Å². The van der Waals surface area contributed by atoms with Crippen molar-refractivity contribution in [3.8, 4) is 6.07 Å². The van der Waals surface area contributed by atoms with Gasteiger partial charge in [-0.15, -0.1) is 0 Å². The molecule has 34 heavy (non-hydrogen) atoms. The lowest BCUT2D eigenvalue weighted by atomic mass is 9.70. The Balaban J connectivity index is 1.22. The lowest BCUT2D eigenvalue weighted by Crippen LogP contribution is -2.68. The second kappa shape index (κ2) is 8.30. The minimum Gasteiger partial charge on any atom is -0.340 e. The molecule has 2 aliphatic carbocycles. The maximum atomic E-state index is 13.3. The molecule has 4 aliphatic rings. The van der Waals surface area contributed by atoms with E-state index in [2.05, 4.69) is 42.1 Å². The van der Waals surface area contributed by atoms with Crippen molar-refractivity contribution in [1.29, 1.82) is 5.26 Å². The van der Waals surface area contributed by atoms with Crippen LogP contribution in [0, 0.1) is 29.0 Å². The molecular formula is C23H26FN9O. The van der Waals surface area contributed by atoms with Crippen LogP contribution < -0.4 is 16.1 Å². The molecule has 6 rings (SSSR count). The number of hydrogen-bond acceptors (Lipinski definition) is 9. The molecular weight excluding hydrogens is 437 g/mol. The molecule has 11 heteroatoms. The van der Waals surface area contributed by atoms with Crippen molar-refractivity contribution in [3.05, 3.63) is 47.8 Å². The molecule has 176 valence electrons. The molecule has 0 bridgehead atoms. The lowest BCUT2D eigenvalue weighted by molar-refractivity contribution is -0.132. The molecule has 2 aromatic heterocycles. The van der Waals surface area contributed by atoms with Crippen LogP contribution in [-0.4, -0.2) is 49.2 Å². The smallest absolute Gasteiger partial charge is 0.230 e. The van der Waals surface area contributed by atoms with Crippen molar-refractivity contribution in [2.24, 2.45) is 11.8 Å². The summed E-state index contributed by atoms with van der Waals surface area (Å²) >= 11 is 0. The van der Waals surface area contributed by atoms with Gasteiger partial charge in [-0.2, -0.15) is 5.26 Å². The van der Waals surface area contributed by atoms with Crippen LogP contribution >= 0.6 is 0 Å². The van der Waals surface area contributed by atoms with Crippen molar-refractivity contribution in [3.63, 3.8) is 0 Å². The Kier molecular flexibility index (Phi) is 5.24. The molecule has 2 saturated heterocycles. The van der Waals surface area contributed by atoms with Gasteiger partial charge in [0.15, 0.2) is 5.82 Å². The van der Waals surface area contributed by atoms with Crippen LogP contribution in [0.3, 0.4) is 0 Å². The van der Waals surface area contributed by atoms with Crippen LogP contribution in [-0.2, 0) is 4.79 Å². The summed E-state index contributed by atoms with van der Waals surface area (Å²) in [4.78, 5) is 30.5.